The van der Waals surface area contributed by atoms with E-state index in [1.807, 2.05) is 74.0 Å². The van der Waals surface area contributed by atoms with E-state index in [9.17, 15) is 9.59 Å². The minimum atomic E-state index is -0.474. The van der Waals surface area contributed by atoms with Gasteiger partial charge >= 0.3 is 0 Å². The fourth-order valence-corrected chi connectivity index (χ4v) is 3.96. The molecule has 1 aliphatic heterocycles. The van der Waals surface area contributed by atoms with E-state index in [0.29, 0.717) is 13.2 Å². The summed E-state index contributed by atoms with van der Waals surface area (Å²) >= 11 is 0. The number of rotatable bonds is 4. The van der Waals surface area contributed by atoms with Crippen molar-refractivity contribution in [3.8, 4) is 11.3 Å². The minimum absolute atomic E-state index is 0.0124. The number of imidazole rings is 1. The molecule has 0 saturated carbocycles. The second kappa shape index (κ2) is 8.74. The highest BCUT2D eigenvalue weighted by Crippen LogP contribution is 2.28. The number of ether oxygens (including phenoxy) is 1. The third kappa shape index (κ3) is 4.53. The minimum Gasteiger partial charge on any atom is -0.381 e. The number of benzene rings is 1. The largest absolute Gasteiger partial charge is 0.381 e. The summed E-state index contributed by atoms with van der Waals surface area (Å²) in [6.45, 7) is 7.00. The summed E-state index contributed by atoms with van der Waals surface area (Å²) in [6.07, 6.45) is 5.24. The number of pyridine rings is 1. The van der Waals surface area contributed by atoms with Gasteiger partial charge in [0.15, 0.2) is 0 Å². The molecular formula is C25H30N4O3. The molecule has 32 heavy (non-hydrogen) atoms. The topological polar surface area (TPSA) is 75.9 Å². The lowest BCUT2D eigenvalue weighted by Gasteiger charge is -2.26. The van der Waals surface area contributed by atoms with E-state index in [4.69, 9.17) is 4.74 Å². The zero-order valence-electron chi connectivity index (χ0n) is 19.1. The van der Waals surface area contributed by atoms with E-state index >= 15 is 0 Å². The van der Waals surface area contributed by atoms with Crippen molar-refractivity contribution in [2.24, 2.45) is 11.3 Å². The molecule has 1 N–H and O–H groups in total. The van der Waals surface area contributed by atoms with Crippen LogP contribution < -0.4 is 10.2 Å². The van der Waals surface area contributed by atoms with Crippen LogP contribution in [-0.2, 0) is 14.3 Å². The van der Waals surface area contributed by atoms with E-state index < -0.39 is 5.41 Å². The number of anilines is 2. The number of amides is 2. The summed E-state index contributed by atoms with van der Waals surface area (Å²) < 4.78 is 7.33. The molecule has 1 aliphatic rings. The third-order valence-corrected chi connectivity index (χ3v) is 5.84. The van der Waals surface area contributed by atoms with Crippen LogP contribution in [0.5, 0.6) is 0 Å². The standard InChI is InChI=1S/C25H30N4O3/c1-25(2,3)24(31)28(4)20-8-9-22-26-15-21(29(22)16-20)18-6-5-7-19(14-18)27-23(30)17-10-12-32-13-11-17/h5-9,14-17H,10-13H2,1-4H3,(H,27,30). The van der Waals surface area contributed by atoms with Crippen molar-refractivity contribution < 1.29 is 14.3 Å². The van der Waals surface area contributed by atoms with Crippen molar-refractivity contribution in [1.82, 2.24) is 9.38 Å². The van der Waals surface area contributed by atoms with Crippen molar-refractivity contribution in [3.05, 3.63) is 48.8 Å². The Morgan fingerprint density at radius 1 is 1.16 bits per heavy atom. The van der Waals surface area contributed by atoms with Crippen molar-refractivity contribution in [2.45, 2.75) is 33.6 Å². The van der Waals surface area contributed by atoms with Crippen molar-refractivity contribution in [3.63, 3.8) is 0 Å². The summed E-state index contributed by atoms with van der Waals surface area (Å²) in [6, 6.07) is 11.6. The molecule has 1 saturated heterocycles. The molecule has 4 rings (SSSR count). The molecule has 2 aromatic heterocycles. The van der Waals surface area contributed by atoms with E-state index in [0.717, 1.165) is 41.1 Å². The normalized spacial score (nSPS) is 15.0. The average molecular weight is 435 g/mol. The first-order valence-corrected chi connectivity index (χ1v) is 11.0. The molecule has 0 spiro atoms. The van der Waals surface area contributed by atoms with Gasteiger partial charge in [0, 0.05) is 49.0 Å². The van der Waals surface area contributed by atoms with Crippen LogP contribution >= 0.6 is 0 Å². The van der Waals surface area contributed by atoms with E-state index in [1.165, 1.54) is 0 Å². The summed E-state index contributed by atoms with van der Waals surface area (Å²) in [5.41, 5.74) is 3.69. The Morgan fingerprint density at radius 2 is 1.91 bits per heavy atom. The predicted octanol–water partition coefficient (Wildman–Crippen LogP) is 4.38. The molecule has 0 unspecified atom stereocenters. The van der Waals surface area contributed by atoms with Gasteiger partial charge in [0.05, 0.1) is 17.6 Å². The zero-order chi connectivity index (χ0) is 22.9. The highest BCUT2D eigenvalue weighted by Gasteiger charge is 2.26. The molecule has 1 aromatic carbocycles. The Hall–Kier alpha value is -3.19. The maximum Gasteiger partial charge on any atom is 0.232 e. The van der Waals surface area contributed by atoms with Gasteiger partial charge < -0.3 is 15.0 Å². The smallest absolute Gasteiger partial charge is 0.232 e. The first kappa shape index (κ1) is 22.0. The second-order valence-electron chi connectivity index (χ2n) is 9.33. The van der Waals surface area contributed by atoms with Gasteiger partial charge in [-0.25, -0.2) is 4.98 Å². The lowest BCUT2D eigenvalue weighted by molar-refractivity contribution is -0.125. The fourth-order valence-electron chi connectivity index (χ4n) is 3.96. The van der Waals surface area contributed by atoms with Gasteiger partial charge in [-0.1, -0.05) is 32.9 Å². The van der Waals surface area contributed by atoms with Gasteiger partial charge in [0.2, 0.25) is 11.8 Å². The summed E-state index contributed by atoms with van der Waals surface area (Å²) in [7, 11) is 1.79. The average Bonchev–Trinajstić information content (AvgIpc) is 3.21. The van der Waals surface area contributed by atoms with Gasteiger partial charge in [-0.05, 0) is 37.1 Å². The maximum atomic E-state index is 12.7. The number of hydrogen-bond donors (Lipinski definition) is 1. The SMILES string of the molecule is CN(C(=O)C(C)(C)C)c1ccc2ncc(-c3cccc(NC(=O)C4CCOCC4)c3)n2c1. The number of fused-ring (bicyclic) bond motifs is 1. The summed E-state index contributed by atoms with van der Waals surface area (Å²) in [5.74, 6) is 0.0613. The van der Waals surface area contributed by atoms with Gasteiger partial charge in [-0.3, -0.25) is 14.0 Å². The molecule has 0 aliphatic carbocycles. The highest BCUT2D eigenvalue weighted by molar-refractivity contribution is 5.96. The molecule has 3 heterocycles. The van der Waals surface area contributed by atoms with E-state index in [1.54, 1.807) is 11.9 Å². The lowest BCUT2D eigenvalue weighted by Crippen LogP contribution is -2.36. The number of carbonyl (C=O) groups is 2. The molecule has 1 fully saturated rings. The van der Waals surface area contributed by atoms with Crippen LogP contribution in [0.3, 0.4) is 0 Å². The molecule has 0 bridgehead atoms. The summed E-state index contributed by atoms with van der Waals surface area (Å²) in [4.78, 5) is 31.5. The Balaban J connectivity index is 1.61. The highest BCUT2D eigenvalue weighted by atomic mass is 16.5. The number of nitrogens with zero attached hydrogens (tertiary/aromatic N) is 3. The molecular weight excluding hydrogens is 404 g/mol. The fraction of sp³-hybridized carbons (Fsp3) is 0.400. The van der Waals surface area contributed by atoms with Crippen LogP contribution in [-0.4, -0.2) is 41.5 Å². The Morgan fingerprint density at radius 3 is 2.62 bits per heavy atom. The van der Waals surface area contributed by atoms with Crippen LogP contribution in [0.1, 0.15) is 33.6 Å². The monoisotopic (exact) mass is 434 g/mol. The number of carbonyl (C=O) groups excluding carboxylic acids is 2. The van der Waals surface area contributed by atoms with Gasteiger partial charge in [0.1, 0.15) is 5.65 Å². The quantitative estimate of drug-likeness (QED) is 0.661. The van der Waals surface area contributed by atoms with Crippen molar-refractivity contribution in [2.75, 3.05) is 30.5 Å². The van der Waals surface area contributed by atoms with Crippen molar-refractivity contribution >= 4 is 28.8 Å². The predicted molar refractivity (Wildman–Crippen MR) is 126 cm³/mol. The molecule has 3 aromatic rings. The Kier molecular flexibility index (Phi) is 6.02. The molecule has 7 heteroatoms. The van der Waals surface area contributed by atoms with Gasteiger partial charge in [-0.15, -0.1) is 0 Å². The molecule has 0 radical (unpaired) electrons. The Labute approximate surface area is 188 Å². The van der Waals surface area contributed by atoms with Crippen LogP contribution in [0.2, 0.25) is 0 Å². The van der Waals surface area contributed by atoms with Crippen LogP contribution in [0.4, 0.5) is 11.4 Å². The second-order valence-corrected chi connectivity index (χ2v) is 9.33. The van der Waals surface area contributed by atoms with Crippen molar-refractivity contribution in [1.29, 1.82) is 0 Å². The van der Waals surface area contributed by atoms with Crippen LogP contribution in [0.25, 0.3) is 16.9 Å². The molecule has 168 valence electrons. The van der Waals surface area contributed by atoms with Gasteiger partial charge in [-0.2, -0.15) is 0 Å². The maximum absolute atomic E-state index is 12.7. The molecule has 0 atom stereocenters. The molecule has 7 nitrogen and oxygen atoms in total. The van der Waals surface area contributed by atoms with Crippen LogP contribution in [0, 0.1) is 11.3 Å². The zero-order valence-corrected chi connectivity index (χ0v) is 19.1. The third-order valence-electron chi connectivity index (χ3n) is 5.84. The number of nitrogens with one attached hydrogen (secondary N) is 1. The first-order chi connectivity index (χ1) is 15.2. The Bertz CT molecular complexity index is 1140. The van der Waals surface area contributed by atoms with Crippen LogP contribution in [0.15, 0.2) is 48.8 Å². The van der Waals surface area contributed by atoms with E-state index in [2.05, 4.69) is 10.3 Å². The number of aromatic nitrogens is 2. The first-order valence-electron chi connectivity index (χ1n) is 11.0. The summed E-state index contributed by atoms with van der Waals surface area (Å²) in [5, 5.41) is 3.05. The van der Waals surface area contributed by atoms with Gasteiger partial charge in [0.25, 0.3) is 0 Å². The van der Waals surface area contributed by atoms with E-state index in [-0.39, 0.29) is 17.7 Å². The molecule has 2 amide bonds. The lowest BCUT2D eigenvalue weighted by atomic mass is 9.95. The number of hydrogen-bond acceptors (Lipinski definition) is 4.